The lowest BCUT2D eigenvalue weighted by molar-refractivity contribution is -0.116. The molecular formula is C23H23N5O4. The lowest BCUT2D eigenvalue weighted by Gasteiger charge is -2.32. The van der Waals surface area contributed by atoms with E-state index in [1.54, 1.807) is 38.4 Å². The highest BCUT2D eigenvalue weighted by Crippen LogP contribution is 2.45. The van der Waals surface area contributed by atoms with Crippen molar-refractivity contribution < 1.29 is 19.0 Å². The predicted molar refractivity (Wildman–Crippen MR) is 117 cm³/mol. The molecule has 1 atom stereocenters. The molecule has 2 aromatic heterocycles. The van der Waals surface area contributed by atoms with E-state index >= 15 is 0 Å². The monoisotopic (exact) mass is 433 g/mol. The Morgan fingerprint density at radius 3 is 2.53 bits per heavy atom. The van der Waals surface area contributed by atoms with Crippen LogP contribution in [0.5, 0.6) is 17.2 Å². The number of ether oxygens (including phenoxy) is 3. The maximum atomic E-state index is 13.1. The van der Waals surface area contributed by atoms with E-state index in [1.807, 2.05) is 24.3 Å². The Labute approximate surface area is 185 Å². The van der Waals surface area contributed by atoms with Gasteiger partial charge in [-0.2, -0.15) is 4.98 Å². The van der Waals surface area contributed by atoms with E-state index in [2.05, 4.69) is 10.3 Å². The second-order valence-corrected chi connectivity index (χ2v) is 7.60. The van der Waals surface area contributed by atoms with Gasteiger partial charge in [0.25, 0.3) is 0 Å². The number of rotatable bonds is 5. The summed E-state index contributed by atoms with van der Waals surface area (Å²) in [5, 5.41) is 8.10. The Balaban J connectivity index is 1.72. The summed E-state index contributed by atoms with van der Waals surface area (Å²) in [6.07, 6.45) is 5.50. The van der Waals surface area contributed by atoms with Gasteiger partial charge in [0.2, 0.25) is 11.7 Å². The Bertz CT molecular complexity index is 1190. The van der Waals surface area contributed by atoms with Crippen LogP contribution < -0.4 is 19.5 Å². The molecule has 0 bridgehead atoms. The second-order valence-electron chi connectivity index (χ2n) is 7.60. The lowest BCUT2D eigenvalue weighted by Crippen LogP contribution is -2.31. The molecule has 1 aliphatic heterocycles. The molecule has 2 aliphatic rings. The van der Waals surface area contributed by atoms with Crippen LogP contribution in [0.25, 0.3) is 11.4 Å². The third-order valence-electron chi connectivity index (χ3n) is 5.79. The van der Waals surface area contributed by atoms with Crippen LogP contribution in [-0.2, 0) is 4.79 Å². The van der Waals surface area contributed by atoms with Crippen LogP contribution in [0.1, 0.15) is 30.9 Å². The molecule has 0 saturated heterocycles. The van der Waals surface area contributed by atoms with E-state index in [-0.39, 0.29) is 5.78 Å². The lowest BCUT2D eigenvalue weighted by atomic mass is 9.85. The van der Waals surface area contributed by atoms with Crippen molar-refractivity contribution in [3.05, 3.63) is 53.5 Å². The number of nitrogens with zero attached hydrogens (tertiary/aromatic N) is 4. The fourth-order valence-corrected chi connectivity index (χ4v) is 4.34. The Morgan fingerprint density at radius 1 is 1.09 bits per heavy atom. The van der Waals surface area contributed by atoms with Crippen molar-refractivity contribution in [2.24, 2.45) is 0 Å². The molecule has 1 aliphatic carbocycles. The van der Waals surface area contributed by atoms with Crippen molar-refractivity contribution in [1.29, 1.82) is 0 Å². The zero-order chi connectivity index (χ0) is 22.2. The fraction of sp³-hybridized carbons (Fsp3) is 0.304. The maximum absolute atomic E-state index is 13.1. The summed E-state index contributed by atoms with van der Waals surface area (Å²) in [6.45, 7) is 0. The fourth-order valence-electron chi connectivity index (χ4n) is 4.34. The smallest absolute Gasteiger partial charge is 0.226 e. The molecule has 0 saturated carbocycles. The Hall–Kier alpha value is -3.88. The van der Waals surface area contributed by atoms with E-state index in [4.69, 9.17) is 24.3 Å². The van der Waals surface area contributed by atoms with Gasteiger partial charge >= 0.3 is 0 Å². The molecule has 32 heavy (non-hydrogen) atoms. The third-order valence-corrected chi connectivity index (χ3v) is 5.79. The molecule has 1 aromatic carbocycles. The first-order valence-electron chi connectivity index (χ1n) is 10.3. The first-order chi connectivity index (χ1) is 15.6. The molecule has 0 spiro atoms. The van der Waals surface area contributed by atoms with Gasteiger partial charge in [-0.05, 0) is 42.7 Å². The average molecular weight is 433 g/mol. The zero-order valence-corrected chi connectivity index (χ0v) is 18.1. The van der Waals surface area contributed by atoms with Gasteiger partial charge in [-0.3, -0.25) is 9.78 Å². The Kier molecular flexibility index (Phi) is 5.01. The molecule has 0 fully saturated rings. The number of methoxy groups -OCH3 is 3. The predicted octanol–water partition coefficient (Wildman–Crippen LogP) is 3.39. The van der Waals surface area contributed by atoms with Gasteiger partial charge in [0.15, 0.2) is 23.1 Å². The number of anilines is 1. The standard InChI is InChI=1S/C23H23N5O4/c1-30-17-10-14(11-18(31-2)21(17)32-3)20-19-15(7-4-8-16(19)29)25-23-26-22(27-28(20)23)13-6-5-9-24-12-13/h5-6,9-12,20H,4,7-8H2,1-3H3,(H,25,26,27). The summed E-state index contributed by atoms with van der Waals surface area (Å²) in [5.74, 6) is 2.73. The normalized spacial score (nSPS) is 17.3. The molecule has 5 rings (SSSR count). The van der Waals surface area contributed by atoms with Gasteiger partial charge in [0.1, 0.15) is 6.04 Å². The summed E-state index contributed by atoms with van der Waals surface area (Å²) >= 11 is 0. The highest BCUT2D eigenvalue weighted by atomic mass is 16.5. The van der Waals surface area contributed by atoms with Gasteiger partial charge < -0.3 is 19.5 Å². The summed E-state index contributed by atoms with van der Waals surface area (Å²) in [5.41, 5.74) is 3.18. The molecule has 1 N–H and O–H groups in total. The van der Waals surface area contributed by atoms with Crippen LogP contribution in [0.2, 0.25) is 0 Å². The van der Waals surface area contributed by atoms with Gasteiger partial charge in [0.05, 0.1) is 21.3 Å². The van der Waals surface area contributed by atoms with Crippen molar-refractivity contribution in [1.82, 2.24) is 19.7 Å². The molecule has 3 heterocycles. The van der Waals surface area contributed by atoms with Gasteiger partial charge in [-0.15, -0.1) is 5.10 Å². The van der Waals surface area contributed by atoms with Crippen molar-refractivity contribution in [3.63, 3.8) is 0 Å². The number of benzene rings is 1. The number of hydrogen-bond donors (Lipinski definition) is 1. The zero-order valence-electron chi connectivity index (χ0n) is 18.1. The summed E-state index contributed by atoms with van der Waals surface area (Å²) in [6, 6.07) is 6.99. The van der Waals surface area contributed by atoms with Crippen LogP contribution in [0.15, 0.2) is 47.9 Å². The number of nitrogens with one attached hydrogen (secondary N) is 1. The topological polar surface area (TPSA) is 100 Å². The second kappa shape index (κ2) is 7.99. The number of ketones is 1. The number of carbonyl (C=O) groups excluding carboxylic acids is 1. The van der Waals surface area contributed by atoms with E-state index in [1.165, 1.54) is 0 Å². The molecular weight excluding hydrogens is 410 g/mol. The summed E-state index contributed by atoms with van der Waals surface area (Å²) in [7, 11) is 4.70. The largest absolute Gasteiger partial charge is 0.493 e. The molecule has 9 nitrogen and oxygen atoms in total. The maximum Gasteiger partial charge on any atom is 0.226 e. The highest BCUT2D eigenvalue weighted by molar-refractivity contribution is 5.99. The number of Topliss-reactive ketones (excluding diaryl/α,β-unsaturated/α-hetero) is 1. The van der Waals surface area contributed by atoms with E-state index in [0.717, 1.165) is 29.7 Å². The minimum atomic E-state index is -0.472. The molecule has 0 radical (unpaired) electrons. The van der Waals surface area contributed by atoms with Crippen LogP contribution in [0, 0.1) is 0 Å². The third kappa shape index (κ3) is 3.17. The van der Waals surface area contributed by atoms with Gasteiger partial charge in [-0.25, -0.2) is 4.68 Å². The van der Waals surface area contributed by atoms with Crippen molar-refractivity contribution in [2.75, 3.05) is 26.6 Å². The van der Waals surface area contributed by atoms with E-state index < -0.39 is 6.04 Å². The van der Waals surface area contributed by atoms with Crippen molar-refractivity contribution in [2.45, 2.75) is 25.3 Å². The van der Waals surface area contributed by atoms with Crippen LogP contribution in [0.4, 0.5) is 5.95 Å². The minimum Gasteiger partial charge on any atom is -0.493 e. The first-order valence-corrected chi connectivity index (χ1v) is 10.3. The summed E-state index contributed by atoms with van der Waals surface area (Å²) < 4.78 is 18.4. The minimum absolute atomic E-state index is 0.0987. The highest BCUT2D eigenvalue weighted by Gasteiger charge is 2.37. The van der Waals surface area contributed by atoms with Crippen molar-refractivity contribution in [3.8, 4) is 28.6 Å². The van der Waals surface area contributed by atoms with E-state index in [0.29, 0.717) is 41.0 Å². The van der Waals surface area contributed by atoms with Gasteiger partial charge in [-0.1, -0.05) is 0 Å². The number of allylic oxidation sites excluding steroid dienone is 2. The summed E-state index contributed by atoms with van der Waals surface area (Å²) in [4.78, 5) is 21.9. The molecule has 9 heteroatoms. The van der Waals surface area contributed by atoms with Crippen LogP contribution in [0.3, 0.4) is 0 Å². The average Bonchev–Trinajstić information content (AvgIpc) is 3.26. The number of fused-ring (bicyclic) bond motifs is 1. The van der Waals surface area contributed by atoms with Crippen LogP contribution >= 0.6 is 0 Å². The number of aromatic nitrogens is 4. The van der Waals surface area contributed by atoms with Gasteiger partial charge in [0, 0.05) is 35.6 Å². The number of hydrogen-bond acceptors (Lipinski definition) is 8. The van der Waals surface area contributed by atoms with Crippen LogP contribution in [-0.4, -0.2) is 46.9 Å². The molecule has 164 valence electrons. The Morgan fingerprint density at radius 2 is 1.88 bits per heavy atom. The SMILES string of the molecule is COc1cc(C2C3=C(CCCC3=O)Nc3nc(-c4cccnc4)nn32)cc(OC)c1OC. The first kappa shape index (κ1) is 20.0. The molecule has 0 amide bonds. The number of carbonyl (C=O) groups is 1. The molecule has 1 unspecified atom stereocenters. The van der Waals surface area contributed by atoms with Crippen molar-refractivity contribution >= 4 is 11.7 Å². The number of pyridine rings is 1. The molecule has 3 aromatic rings. The van der Waals surface area contributed by atoms with E-state index in [9.17, 15) is 4.79 Å². The quantitative estimate of drug-likeness (QED) is 0.654.